The maximum Gasteiger partial charge on any atom is 0.229 e. The van der Waals surface area contributed by atoms with Crippen molar-refractivity contribution in [2.45, 2.75) is 26.2 Å². The summed E-state index contributed by atoms with van der Waals surface area (Å²) in [6.07, 6.45) is 3.54. The Labute approximate surface area is 154 Å². The summed E-state index contributed by atoms with van der Waals surface area (Å²) in [6, 6.07) is 7.04. The third-order valence-corrected chi connectivity index (χ3v) is 4.40. The number of phenolic OH excluding ortho intramolecular Hbond substituents is 1. The highest BCUT2D eigenvalue weighted by Gasteiger charge is 2.11. The summed E-state index contributed by atoms with van der Waals surface area (Å²) >= 11 is 0. The fourth-order valence-electron chi connectivity index (χ4n) is 3.07. The molecule has 0 amide bonds. The van der Waals surface area contributed by atoms with Crippen molar-refractivity contribution in [1.82, 2.24) is 14.9 Å². The Morgan fingerprint density at radius 1 is 1.19 bits per heavy atom. The van der Waals surface area contributed by atoms with Crippen LogP contribution in [0.4, 0.5) is 17.5 Å². The molecule has 140 valence electrons. The van der Waals surface area contributed by atoms with E-state index in [2.05, 4.69) is 25.5 Å². The molecule has 1 aliphatic heterocycles. The van der Waals surface area contributed by atoms with Crippen LogP contribution >= 0.6 is 0 Å². The van der Waals surface area contributed by atoms with E-state index in [1.165, 1.54) is 25.9 Å². The first-order valence-electron chi connectivity index (χ1n) is 9.12. The number of nitrogens with one attached hydrogen (secondary N) is 2. The minimum atomic E-state index is 0.137. The van der Waals surface area contributed by atoms with Crippen molar-refractivity contribution < 1.29 is 9.84 Å². The van der Waals surface area contributed by atoms with E-state index in [-0.39, 0.29) is 5.75 Å². The number of benzene rings is 1. The molecule has 0 spiro atoms. The molecule has 0 bridgehead atoms. The number of ether oxygens (including phenoxy) is 1. The molecule has 3 rings (SSSR count). The molecule has 7 heteroatoms. The number of aromatic nitrogens is 2. The minimum absolute atomic E-state index is 0.137. The van der Waals surface area contributed by atoms with Gasteiger partial charge in [-0.2, -0.15) is 4.98 Å². The molecule has 0 atom stereocenters. The van der Waals surface area contributed by atoms with Gasteiger partial charge in [0.2, 0.25) is 5.95 Å². The summed E-state index contributed by atoms with van der Waals surface area (Å²) in [6.45, 7) is 5.92. The van der Waals surface area contributed by atoms with E-state index in [1.54, 1.807) is 18.2 Å². The lowest BCUT2D eigenvalue weighted by atomic mass is 10.2. The molecule has 3 N–H and O–H groups in total. The van der Waals surface area contributed by atoms with Crippen LogP contribution in [-0.4, -0.2) is 53.3 Å². The van der Waals surface area contributed by atoms with Crippen LogP contribution in [0.3, 0.4) is 0 Å². The highest BCUT2D eigenvalue weighted by atomic mass is 16.5. The lowest BCUT2D eigenvalue weighted by Gasteiger charge is -2.15. The van der Waals surface area contributed by atoms with Crippen molar-refractivity contribution in [3.8, 4) is 11.5 Å². The third kappa shape index (κ3) is 4.98. The van der Waals surface area contributed by atoms with Crippen LogP contribution in [-0.2, 0) is 0 Å². The average molecular weight is 357 g/mol. The van der Waals surface area contributed by atoms with Gasteiger partial charge in [0.05, 0.1) is 6.61 Å². The zero-order chi connectivity index (χ0) is 18.4. The van der Waals surface area contributed by atoms with Gasteiger partial charge in [-0.1, -0.05) is 0 Å². The normalized spacial score (nSPS) is 14.4. The van der Waals surface area contributed by atoms with E-state index >= 15 is 0 Å². The number of anilines is 3. The third-order valence-electron chi connectivity index (χ3n) is 4.40. The molecule has 7 nitrogen and oxygen atoms in total. The van der Waals surface area contributed by atoms with Gasteiger partial charge in [0.25, 0.3) is 0 Å². The van der Waals surface area contributed by atoms with Crippen LogP contribution in [0.5, 0.6) is 11.5 Å². The molecule has 0 saturated carbocycles. The first-order chi connectivity index (χ1) is 12.6. The van der Waals surface area contributed by atoms with Crippen molar-refractivity contribution in [2.75, 3.05) is 43.9 Å². The number of nitrogens with zero attached hydrogens (tertiary/aromatic N) is 3. The number of rotatable bonds is 8. The summed E-state index contributed by atoms with van der Waals surface area (Å²) in [7, 11) is 1.82. The lowest BCUT2D eigenvalue weighted by Crippen LogP contribution is -2.21. The SMILES string of the molecule is CNc1cc(C)nc(Nc2ccc(O)c(OCCCN3CCCC3)c2)n1. The predicted molar refractivity (Wildman–Crippen MR) is 103 cm³/mol. The fraction of sp³-hybridized carbons (Fsp3) is 0.474. The molecule has 1 aromatic carbocycles. The van der Waals surface area contributed by atoms with E-state index < -0.39 is 0 Å². The van der Waals surface area contributed by atoms with Crippen LogP contribution < -0.4 is 15.4 Å². The van der Waals surface area contributed by atoms with E-state index in [0.717, 1.165) is 30.2 Å². The van der Waals surface area contributed by atoms with E-state index in [4.69, 9.17) is 4.74 Å². The second-order valence-corrected chi connectivity index (χ2v) is 6.53. The number of hydrogen-bond donors (Lipinski definition) is 3. The van der Waals surface area contributed by atoms with Crippen LogP contribution in [0, 0.1) is 6.92 Å². The van der Waals surface area contributed by atoms with Gasteiger partial charge < -0.3 is 25.4 Å². The molecule has 26 heavy (non-hydrogen) atoms. The lowest BCUT2D eigenvalue weighted by molar-refractivity contribution is 0.256. The van der Waals surface area contributed by atoms with Crippen LogP contribution in [0.1, 0.15) is 25.0 Å². The predicted octanol–water partition coefficient (Wildman–Crippen LogP) is 3.14. The Bertz CT molecular complexity index is 732. The molecular weight excluding hydrogens is 330 g/mol. The molecule has 2 heterocycles. The molecule has 0 aliphatic carbocycles. The Morgan fingerprint density at radius 3 is 2.77 bits per heavy atom. The van der Waals surface area contributed by atoms with Crippen LogP contribution in [0.15, 0.2) is 24.3 Å². The molecule has 1 aliphatic rings. The van der Waals surface area contributed by atoms with Gasteiger partial charge in [-0.05, 0) is 51.4 Å². The first kappa shape index (κ1) is 18.3. The summed E-state index contributed by atoms with van der Waals surface area (Å²) in [5, 5.41) is 16.2. The standard InChI is InChI=1S/C19H27N5O2/c1-14-12-18(20-2)23-19(21-14)22-15-6-7-16(25)17(13-15)26-11-5-10-24-8-3-4-9-24/h6-7,12-13,25H,3-5,8-11H2,1-2H3,(H2,20,21,22,23). The molecule has 1 fully saturated rings. The highest BCUT2D eigenvalue weighted by Crippen LogP contribution is 2.30. The maximum atomic E-state index is 10.0. The van der Waals surface area contributed by atoms with Crippen molar-refractivity contribution >= 4 is 17.5 Å². The summed E-state index contributed by atoms with van der Waals surface area (Å²) in [4.78, 5) is 11.2. The van der Waals surface area contributed by atoms with Crippen molar-refractivity contribution in [3.05, 3.63) is 30.0 Å². The first-order valence-corrected chi connectivity index (χ1v) is 9.12. The topological polar surface area (TPSA) is 82.5 Å². The Hall–Kier alpha value is -2.54. The minimum Gasteiger partial charge on any atom is -0.504 e. The van der Waals surface area contributed by atoms with Crippen molar-refractivity contribution in [2.24, 2.45) is 0 Å². The van der Waals surface area contributed by atoms with Gasteiger partial charge in [-0.25, -0.2) is 4.98 Å². The second kappa shape index (κ2) is 8.71. The van der Waals surface area contributed by atoms with E-state index in [9.17, 15) is 5.11 Å². The van der Waals surface area contributed by atoms with Crippen LogP contribution in [0.2, 0.25) is 0 Å². The van der Waals surface area contributed by atoms with Gasteiger partial charge in [0.15, 0.2) is 11.5 Å². The van der Waals surface area contributed by atoms with Gasteiger partial charge in [0, 0.05) is 37.1 Å². The Balaban J connectivity index is 1.59. The molecular formula is C19H27N5O2. The molecule has 0 radical (unpaired) electrons. The molecule has 1 saturated heterocycles. The number of aromatic hydroxyl groups is 1. The maximum absolute atomic E-state index is 10.0. The van der Waals surface area contributed by atoms with Crippen molar-refractivity contribution in [3.63, 3.8) is 0 Å². The average Bonchev–Trinajstić information content (AvgIpc) is 3.14. The zero-order valence-electron chi connectivity index (χ0n) is 15.5. The monoisotopic (exact) mass is 357 g/mol. The van der Waals surface area contributed by atoms with Gasteiger partial charge >= 0.3 is 0 Å². The Kier molecular flexibility index (Phi) is 6.12. The van der Waals surface area contributed by atoms with Gasteiger partial charge in [0.1, 0.15) is 5.82 Å². The number of phenols is 1. The number of aryl methyl sites for hydroxylation is 1. The highest BCUT2D eigenvalue weighted by molar-refractivity contribution is 5.60. The summed E-state index contributed by atoms with van der Waals surface area (Å²) < 4.78 is 5.77. The van der Waals surface area contributed by atoms with Gasteiger partial charge in [-0.15, -0.1) is 0 Å². The molecule has 1 aromatic heterocycles. The smallest absolute Gasteiger partial charge is 0.229 e. The quantitative estimate of drug-likeness (QED) is 0.494. The fourth-order valence-corrected chi connectivity index (χ4v) is 3.07. The van der Waals surface area contributed by atoms with Crippen LogP contribution in [0.25, 0.3) is 0 Å². The summed E-state index contributed by atoms with van der Waals surface area (Å²) in [5.74, 6) is 1.85. The van der Waals surface area contributed by atoms with Gasteiger partial charge in [-0.3, -0.25) is 0 Å². The number of hydrogen-bond acceptors (Lipinski definition) is 7. The second-order valence-electron chi connectivity index (χ2n) is 6.53. The number of likely N-dealkylation sites (tertiary alicyclic amines) is 1. The Morgan fingerprint density at radius 2 is 2.00 bits per heavy atom. The van der Waals surface area contributed by atoms with E-state index in [0.29, 0.717) is 18.3 Å². The van der Waals surface area contributed by atoms with E-state index in [1.807, 2.05) is 20.0 Å². The zero-order valence-corrected chi connectivity index (χ0v) is 15.5. The van der Waals surface area contributed by atoms with Crippen molar-refractivity contribution in [1.29, 1.82) is 0 Å². The largest absolute Gasteiger partial charge is 0.504 e. The molecule has 0 unspecified atom stereocenters. The summed E-state index contributed by atoms with van der Waals surface area (Å²) in [5.41, 5.74) is 1.63. The molecule has 2 aromatic rings.